The molecule has 0 radical (unpaired) electrons. The van der Waals surface area contributed by atoms with Gasteiger partial charge in [0.15, 0.2) is 0 Å². The second-order valence-electron chi connectivity index (χ2n) is 7.84. The molecular weight excluding hydrogens is 467 g/mol. The molecule has 0 aliphatic heterocycles. The Kier molecular flexibility index (Phi) is 7.58. The number of rotatable bonds is 9. The Balaban J connectivity index is 2.07. The molecule has 0 saturated carbocycles. The molecule has 1 amide bonds. The van der Waals surface area contributed by atoms with Gasteiger partial charge in [-0.05, 0) is 72.7 Å². The van der Waals surface area contributed by atoms with Crippen molar-refractivity contribution in [1.82, 2.24) is 13.7 Å². The normalized spacial score (nSPS) is 12.6. The first-order chi connectivity index (χ1) is 15.6. The van der Waals surface area contributed by atoms with Crippen LogP contribution in [0, 0.1) is 6.92 Å². The molecule has 3 aromatic rings. The lowest BCUT2D eigenvalue weighted by atomic mass is 10.0. The van der Waals surface area contributed by atoms with Gasteiger partial charge in [-0.25, -0.2) is 21.9 Å². The molecule has 0 spiro atoms. The van der Waals surface area contributed by atoms with Crippen molar-refractivity contribution in [2.24, 2.45) is 5.73 Å². The van der Waals surface area contributed by atoms with Crippen molar-refractivity contribution in [3.63, 3.8) is 0 Å². The van der Waals surface area contributed by atoms with Crippen molar-refractivity contribution in [3.05, 3.63) is 76.8 Å². The number of halogens is 2. The van der Waals surface area contributed by atoms with E-state index in [1.807, 2.05) is 11.5 Å². The molecule has 0 unspecified atom stereocenters. The van der Waals surface area contributed by atoms with Crippen LogP contribution in [0.2, 0.25) is 0 Å². The van der Waals surface area contributed by atoms with Gasteiger partial charge in [-0.3, -0.25) is 4.79 Å². The monoisotopic (exact) mass is 492 g/mol. The first kappa shape index (κ1) is 24.9. The Bertz CT molecular complexity index is 1320. The zero-order valence-corrected chi connectivity index (χ0v) is 20.2. The van der Waals surface area contributed by atoms with Crippen LogP contribution in [0.1, 0.15) is 27.2 Å². The lowest BCUT2D eigenvalue weighted by Crippen LogP contribution is -2.22. The van der Waals surface area contributed by atoms with Crippen molar-refractivity contribution < 1.29 is 17.6 Å². The molecule has 0 fully saturated rings. The molecular formula is C23H26ClFN4O3S. The number of aromatic nitrogens is 1. The van der Waals surface area contributed by atoms with E-state index in [0.29, 0.717) is 12.0 Å². The van der Waals surface area contributed by atoms with Gasteiger partial charge in [0.25, 0.3) is 0 Å². The smallest absolute Gasteiger partial charge is 0.248 e. The fourth-order valence-corrected chi connectivity index (χ4v) is 4.67. The molecule has 176 valence electrons. The van der Waals surface area contributed by atoms with Crippen LogP contribution < -0.4 is 10.6 Å². The van der Waals surface area contributed by atoms with Gasteiger partial charge in [-0.2, -0.15) is 0 Å². The molecule has 0 aliphatic rings. The van der Waals surface area contributed by atoms with E-state index in [-0.39, 0.29) is 23.8 Å². The second kappa shape index (κ2) is 10.0. The third-order valence-electron chi connectivity index (χ3n) is 5.53. The quantitative estimate of drug-likeness (QED) is 0.447. The highest BCUT2D eigenvalue weighted by Gasteiger charge is 2.19. The highest BCUT2D eigenvalue weighted by Crippen LogP contribution is 2.30. The number of carbonyl (C=O) groups excluding carboxylic acids is 1. The van der Waals surface area contributed by atoms with Gasteiger partial charge >= 0.3 is 0 Å². The van der Waals surface area contributed by atoms with Crippen molar-refractivity contribution in [2.45, 2.75) is 24.8 Å². The van der Waals surface area contributed by atoms with Crippen molar-refractivity contribution >= 4 is 38.6 Å². The number of fused-ring (bicyclic) bond motifs is 1. The summed E-state index contributed by atoms with van der Waals surface area (Å²) in [5.74, 6) is -0.905. The molecule has 0 saturated heterocycles. The summed E-state index contributed by atoms with van der Waals surface area (Å²) in [6.07, 6.45) is 1.83. The number of carbonyl (C=O) groups is 1. The number of sulfonamides is 1. The lowest BCUT2D eigenvalue weighted by Gasteiger charge is -2.12. The average molecular weight is 493 g/mol. The lowest BCUT2D eigenvalue weighted by molar-refractivity contribution is 0.100. The van der Waals surface area contributed by atoms with Crippen molar-refractivity contribution in [1.29, 1.82) is 0 Å². The zero-order valence-electron chi connectivity index (χ0n) is 18.6. The molecule has 3 N–H and O–H groups in total. The van der Waals surface area contributed by atoms with Gasteiger partial charge in [0.2, 0.25) is 15.9 Å². The minimum absolute atomic E-state index is 0.0108. The van der Waals surface area contributed by atoms with Gasteiger partial charge in [0.1, 0.15) is 5.83 Å². The molecule has 33 heavy (non-hydrogen) atoms. The van der Waals surface area contributed by atoms with Crippen molar-refractivity contribution in [2.75, 3.05) is 20.6 Å². The second-order valence-corrected chi connectivity index (χ2v) is 10.3. The van der Waals surface area contributed by atoms with Crippen LogP contribution in [-0.4, -0.2) is 43.8 Å². The van der Waals surface area contributed by atoms with Crippen LogP contribution >= 0.6 is 11.8 Å². The van der Waals surface area contributed by atoms with Crippen LogP contribution in [0.5, 0.6) is 0 Å². The summed E-state index contributed by atoms with van der Waals surface area (Å²) in [6.45, 7) is 2.08. The molecule has 0 bridgehead atoms. The molecule has 1 heterocycles. The third kappa shape index (κ3) is 5.27. The van der Waals surface area contributed by atoms with E-state index in [9.17, 15) is 17.6 Å². The number of allylic oxidation sites excluding steroid dienone is 1. The van der Waals surface area contributed by atoms with Crippen LogP contribution in [0.15, 0.2) is 59.3 Å². The fraction of sp³-hybridized carbons (Fsp3) is 0.261. The average Bonchev–Trinajstić information content (AvgIpc) is 3.03. The van der Waals surface area contributed by atoms with E-state index < -0.39 is 15.9 Å². The maximum Gasteiger partial charge on any atom is 0.248 e. The van der Waals surface area contributed by atoms with E-state index in [2.05, 4.69) is 4.84 Å². The molecule has 3 rings (SSSR count). The van der Waals surface area contributed by atoms with E-state index >= 15 is 0 Å². The Morgan fingerprint density at radius 3 is 2.45 bits per heavy atom. The zero-order chi connectivity index (χ0) is 24.3. The fourth-order valence-electron chi connectivity index (χ4n) is 3.69. The van der Waals surface area contributed by atoms with Gasteiger partial charge < -0.3 is 10.3 Å². The summed E-state index contributed by atoms with van der Waals surface area (Å²) in [6, 6.07) is 11.7. The highest BCUT2D eigenvalue weighted by molar-refractivity contribution is 7.89. The molecule has 0 aliphatic carbocycles. The molecule has 1 aromatic heterocycles. The van der Waals surface area contributed by atoms with E-state index in [1.165, 1.54) is 20.2 Å². The van der Waals surface area contributed by atoms with Gasteiger partial charge in [0, 0.05) is 42.8 Å². The highest BCUT2D eigenvalue weighted by atomic mass is 35.5. The van der Waals surface area contributed by atoms with Crippen LogP contribution in [0.25, 0.3) is 10.9 Å². The van der Waals surface area contributed by atoms with E-state index in [0.717, 1.165) is 32.0 Å². The van der Waals surface area contributed by atoms with E-state index in [4.69, 9.17) is 17.5 Å². The summed E-state index contributed by atoms with van der Waals surface area (Å²) in [5.41, 5.74) is 9.21. The maximum atomic E-state index is 14.5. The number of primary amides is 1. The summed E-state index contributed by atoms with van der Waals surface area (Å²) >= 11 is 5.42. The van der Waals surface area contributed by atoms with Crippen molar-refractivity contribution in [3.8, 4) is 0 Å². The molecule has 0 atom stereocenters. The van der Waals surface area contributed by atoms with Crippen LogP contribution in [0.4, 0.5) is 4.39 Å². The number of nitrogens with zero attached hydrogens (tertiary/aromatic N) is 2. The molecule has 2 aromatic carbocycles. The summed E-state index contributed by atoms with van der Waals surface area (Å²) in [7, 11) is -0.565. The first-order valence-corrected chi connectivity index (χ1v) is 12.0. The number of benzene rings is 2. The molecule has 10 heteroatoms. The Labute approximate surface area is 197 Å². The number of amides is 1. The summed E-state index contributed by atoms with van der Waals surface area (Å²) < 4.78 is 42.1. The maximum absolute atomic E-state index is 14.5. The van der Waals surface area contributed by atoms with Gasteiger partial charge in [-0.15, -0.1) is 0 Å². The standard InChI is InChI=1S/C23H26ClFN4O3S/c1-15-20(12-16-4-7-19(8-5-16)33(31,32)28(2)3)21-13-17(23(26)30)6-9-22(21)29(15)14-18(25)10-11-27-24/h4-10,13,27H,11-12,14H2,1-3H3,(H2,26,30)/b18-10-. The number of nitrogens with two attached hydrogens (primary N) is 1. The summed E-state index contributed by atoms with van der Waals surface area (Å²) in [5, 5.41) is 0.789. The van der Waals surface area contributed by atoms with E-state index in [1.54, 1.807) is 42.5 Å². The van der Waals surface area contributed by atoms with Gasteiger partial charge in [-0.1, -0.05) is 12.1 Å². The Morgan fingerprint density at radius 1 is 1.21 bits per heavy atom. The first-order valence-electron chi connectivity index (χ1n) is 10.2. The SMILES string of the molecule is Cc1c(Cc2ccc(S(=O)(=O)N(C)C)cc2)c2cc(C(N)=O)ccc2n1C/C(F)=C/CNCl. The van der Waals surface area contributed by atoms with Gasteiger partial charge in [0.05, 0.1) is 11.4 Å². The largest absolute Gasteiger partial charge is 0.366 e. The minimum atomic E-state index is -3.53. The van der Waals surface area contributed by atoms with Crippen LogP contribution in [-0.2, 0) is 23.0 Å². The number of hydrogen-bond acceptors (Lipinski definition) is 4. The summed E-state index contributed by atoms with van der Waals surface area (Å²) in [4.78, 5) is 14.3. The topological polar surface area (TPSA) is 97.4 Å². The number of hydrogen-bond donors (Lipinski definition) is 2. The third-order valence-corrected chi connectivity index (χ3v) is 7.51. The Morgan fingerprint density at radius 2 is 1.88 bits per heavy atom. The Hall–Kier alpha value is -2.72. The molecule has 7 nitrogen and oxygen atoms in total. The number of nitrogens with one attached hydrogen (secondary N) is 1. The predicted octanol–water partition coefficient (Wildman–Crippen LogP) is 3.49. The predicted molar refractivity (Wildman–Crippen MR) is 128 cm³/mol. The van der Waals surface area contributed by atoms with Crippen LogP contribution in [0.3, 0.4) is 0 Å². The minimum Gasteiger partial charge on any atom is -0.366 e.